The third-order valence-electron chi connectivity index (χ3n) is 3.80. The predicted octanol–water partition coefficient (Wildman–Crippen LogP) is 1.67. The van der Waals surface area contributed by atoms with Crippen molar-refractivity contribution >= 4 is 22.8 Å². The van der Waals surface area contributed by atoms with Crippen LogP contribution in [0.3, 0.4) is 0 Å². The van der Waals surface area contributed by atoms with Crippen molar-refractivity contribution in [3.8, 4) is 0 Å². The van der Waals surface area contributed by atoms with E-state index in [9.17, 15) is 9.59 Å². The van der Waals surface area contributed by atoms with Gasteiger partial charge in [-0.3, -0.25) is 14.3 Å². The molecule has 0 unspecified atom stereocenters. The van der Waals surface area contributed by atoms with Crippen LogP contribution in [-0.2, 0) is 13.6 Å². The standard InChI is InChI=1S/C15H24N6O2/c1-6-10(4)18-19-14-16-12-11(21(14)8-7-9(2)3)13(22)17-15(23)20(12)5/h9H,6-8H2,1-5H3,(H,16,19)(H,17,22,23)/b18-10+. The molecule has 0 amide bonds. The second-order valence-electron chi connectivity index (χ2n) is 6.07. The van der Waals surface area contributed by atoms with Crippen LogP contribution in [0, 0.1) is 5.92 Å². The van der Waals surface area contributed by atoms with Crippen molar-refractivity contribution < 1.29 is 0 Å². The van der Waals surface area contributed by atoms with Gasteiger partial charge in [0.25, 0.3) is 5.56 Å². The molecule has 0 aliphatic heterocycles. The zero-order chi connectivity index (χ0) is 17.1. The zero-order valence-electron chi connectivity index (χ0n) is 14.3. The first-order valence-electron chi connectivity index (χ1n) is 7.83. The molecule has 0 radical (unpaired) electrons. The van der Waals surface area contributed by atoms with Gasteiger partial charge in [-0.15, -0.1) is 0 Å². The first kappa shape index (κ1) is 17.0. The van der Waals surface area contributed by atoms with Crippen molar-refractivity contribution in [1.29, 1.82) is 0 Å². The van der Waals surface area contributed by atoms with E-state index in [1.165, 1.54) is 4.57 Å². The van der Waals surface area contributed by atoms with E-state index in [1.54, 1.807) is 11.6 Å². The summed E-state index contributed by atoms with van der Waals surface area (Å²) >= 11 is 0. The molecule has 2 aromatic heterocycles. The van der Waals surface area contributed by atoms with Gasteiger partial charge in [-0.05, 0) is 25.7 Å². The number of aromatic nitrogens is 4. The average molecular weight is 320 g/mol. The number of fused-ring (bicyclic) bond motifs is 1. The normalized spacial score (nSPS) is 12.3. The van der Waals surface area contributed by atoms with Crippen LogP contribution < -0.4 is 16.7 Å². The number of hydrogen-bond donors (Lipinski definition) is 2. The first-order valence-corrected chi connectivity index (χ1v) is 7.83. The molecule has 2 N–H and O–H groups in total. The lowest BCUT2D eigenvalue weighted by Crippen LogP contribution is -2.29. The quantitative estimate of drug-likeness (QED) is 0.625. The molecule has 0 aromatic carbocycles. The summed E-state index contributed by atoms with van der Waals surface area (Å²) < 4.78 is 3.13. The fourth-order valence-electron chi connectivity index (χ4n) is 2.15. The molecule has 0 saturated carbocycles. The van der Waals surface area contributed by atoms with Crippen LogP contribution in [0.4, 0.5) is 5.95 Å². The summed E-state index contributed by atoms with van der Waals surface area (Å²) in [6, 6.07) is 0. The van der Waals surface area contributed by atoms with Gasteiger partial charge in [0, 0.05) is 19.3 Å². The first-order chi connectivity index (χ1) is 10.8. The number of aromatic amines is 1. The van der Waals surface area contributed by atoms with Gasteiger partial charge >= 0.3 is 5.69 Å². The highest BCUT2D eigenvalue weighted by atomic mass is 16.2. The Morgan fingerprint density at radius 1 is 1.39 bits per heavy atom. The lowest BCUT2D eigenvalue weighted by Gasteiger charge is -2.10. The molecule has 0 aliphatic carbocycles. The van der Waals surface area contributed by atoms with Gasteiger partial charge in [0.1, 0.15) is 0 Å². The van der Waals surface area contributed by atoms with Gasteiger partial charge in [0.2, 0.25) is 5.95 Å². The Morgan fingerprint density at radius 2 is 2.09 bits per heavy atom. The number of H-pyrrole nitrogens is 1. The highest BCUT2D eigenvalue weighted by Gasteiger charge is 2.17. The van der Waals surface area contributed by atoms with E-state index < -0.39 is 11.2 Å². The summed E-state index contributed by atoms with van der Waals surface area (Å²) in [5.74, 6) is 0.952. The number of hydrogen-bond acceptors (Lipinski definition) is 5. The predicted molar refractivity (Wildman–Crippen MR) is 92.1 cm³/mol. The van der Waals surface area contributed by atoms with Gasteiger partial charge in [-0.2, -0.15) is 10.1 Å². The minimum atomic E-state index is -0.476. The van der Waals surface area contributed by atoms with Crippen LogP contribution in [0.1, 0.15) is 40.5 Å². The van der Waals surface area contributed by atoms with Crippen molar-refractivity contribution in [1.82, 2.24) is 19.1 Å². The summed E-state index contributed by atoms with van der Waals surface area (Å²) in [4.78, 5) is 30.7. The average Bonchev–Trinajstić information content (AvgIpc) is 2.87. The molecule has 0 bridgehead atoms. The molecule has 0 spiro atoms. The monoisotopic (exact) mass is 320 g/mol. The minimum absolute atomic E-state index is 0.356. The molecule has 2 heterocycles. The molecule has 23 heavy (non-hydrogen) atoms. The summed E-state index contributed by atoms with van der Waals surface area (Å²) in [7, 11) is 1.59. The van der Waals surface area contributed by atoms with E-state index in [4.69, 9.17) is 0 Å². The fraction of sp³-hybridized carbons (Fsp3) is 0.600. The molecule has 2 rings (SSSR count). The SMILES string of the molecule is CC/C(C)=N/Nc1nc2c(c(=O)[nH]c(=O)n2C)n1CCC(C)C. The molecule has 126 valence electrons. The maximum Gasteiger partial charge on any atom is 0.329 e. The number of rotatable bonds is 6. The molecule has 8 heteroatoms. The van der Waals surface area contributed by atoms with E-state index in [0.717, 1.165) is 18.6 Å². The maximum absolute atomic E-state index is 12.2. The van der Waals surface area contributed by atoms with Crippen LogP contribution >= 0.6 is 0 Å². The van der Waals surface area contributed by atoms with Crippen LogP contribution in [-0.4, -0.2) is 24.8 Å². The fourth-order valence-corrected chi connectivity index (χ4v) is 2.15. The molecule has 0 saturated heterocycles. The van der Waals surface area contributed by atoms with Gasteiger partial charge in [-0.1, -0.05) is 20.8 Å². The minimum Gasteiger partial charge on any atom is -0.303 e. The van der Waals surface area contributed by atoms with Crippen LogP contribution in [0.5, 0.6) is 0 Å². The highest BCUT2D eigenvalue weighted by Crippen LogP contribution is 2.17. The molecule has 0 aliphatic rings. The van der Waals surface area contributed by atoms with E-state index >= 15 is 0 Å². The summed E-state index contributed by atoms with van der Waals surface area (Å²) in [6.45, 7) is 8.78. The largest absolute Gasteiger partial charge is 0.329 e. The third-order valence-corrected chi connectivity index (χ3v) is 3.80. The van der Waals surface area contributed by atoms with E-state index in [0.29, 0.717) is 29.6 Å². The number of imidazole rings is 1. The summed E-state index contributed by atoms with van der Waals surface area (Å²) in [6.07, 6.45) is 1.71. The van der Waals surface area contributed by atoms with E-state index in [1.807, 2.05) is 13.8 Å². The van der Waals surface area contributed by atoms with Gasteiger partial charge in [0.05, 0.1) is 0 Å². The zero-order valence-corrected chi connectivity index (χ0v) is 14.3. The van der Waals surface area contributed by atoms with E-state index in [2.05, 4.69) is 34.3 Å². The number of nitrogens with zero attached hydrogens (tertiary/aromatic N) is 4. The summed E-state index contributed by atoms with van der Waals surface area (Å²) in [5, 5.41) is 4.26. The smallest absolute Gasteiger partial charge is 0.303 e. The Bertz CT molecular complexity index is 840. The van der Waals surface area contributed by atoms with Crippen molar-refractivity contribution in [2.45, 2.75) is 47.1 Å². The Labute approximate surface area is 134 Å². The second kappa shape index (κ2) is 6.80. The van der Waals surface area contributed by atoms with Crippen LogP contribution in [0.2, 0.25) is 0 Å². The molecule has 8 nitrogen and oxygen atoms in total. The van der Waals surface area contributed by atoms with Crippen LogP contribution in [0.15, 0.2) is 14.7 Å². The van der Waals surface area contributed by atoms with Crippen molar-refractivity contribution in [3.05, 3.63) is 20.8 Å². The number of hydrazone groups is 1. The molecular formula is C15H24N6O2. The molecule has 2 aromatic rings. The van der Waals surface area contributed by atoms with Crippen molar-refractivity contribution in [2.24, 2.45) is 18.1 Å². The third kappa shape index (κ3) is 3.52. The topological polar surface area (TPSA) is 97.1 Å². The number of anilines is 1. The summed E-state index contributed by atoms with van der Waals surface area (Å²) in [5.41, 5.74) is 3.69. The molecule has 0 atom stereocenters. The Morgan fingerprint density at radius 3 is 2.70 bits per heavy atom. The Hall–Kier alpha value is -2.38. The van der Waals surface area contributed by atoms with Crippen molar-refractivity contribution in [2.75, 3.05) is 5.43 Å². The maximum atomic E-state index is 12.2. The molecule has 0 fully saturated rings. The molecular weight excluding hydrogens is 296 g/mol. The van der Waals surface area contributed by atoms with Gasteiger partial charge in [-0.25, -0.2) is 10.2 Å². The van der Waals surface area contributed by atoms with E-state index in [-0.39, 0.29) is 0 Å². The number of aryl methyl sites for hydroxylation is 2. The second-order valence-corrected chi connectivity index (χ2v) is 6.07. The lowest BCUT2D eigenvalue weighted by atomic mass is 10.1. The number of nitrogens with one attached hydrogen (secondary N) is 2. The van der Waals surface area contributed by atoms with Crippen molar-refractivity contribution in [3.63, 3.8) is 0 Å². The highest BCUT2D eigenvalue weighted by molar-refractivity contribution is 5.82. The Balaban J connectivity index is 2.62. The van der Waals surface area contributed by atoms with Gasteiger partial charge < -0.3 is 4.57 Å². The van der Waals surface area contributed by atoms with Gasteiger partial charge in [0.15, 0.2) is 11.2 Å². The lowest BCUT2D eigenvalue weighted by molar-refractivity contribution is 0.524. The Kier molecular flexibility index (Phi) is 5.02. The van der Waals surface area contributed by atoms with Crippen LogP contribution in [0.25, 0.3) is 11.2 Å².